The van der Waals surface area contributed by atoms with Crippen LogP contribution < -0.4 is 4.74 Å². The second kappa shape index (κ2) is 8.70. The highest BCUT2D eigenvalue weighted by molar-refractivity contribution is 5.81. The highest BCUT2D eigenvalue weighted by Crippen LogP contribution is 2.16. The number of nitrogens with zero attached hydrogens (tertiary/aromatic N) is 2. The SMILES string of the molecule is CC(Oc1cccc(C#N)c1)C(=O)N(CCO)Cc1ccccc1. The fourth-order valence-corrected chi connectivity index (χ4v) is 2.34. The number of benzene rings is 2. The number of carbonyl (C=O) groups excluding carboxylic acids is 1. The Balaban J connectivity index is 2.06. The van der Waals surface area contributed by atoms with E-state index in [1.165, 1.54) is 0 Å². The van der Waals surface area contributed by atoms with Crippen LogP contribution in [0.25, 0.3) is 0 Å². The fourth-order valence-electron chi connectivity index (χ4n) is 2.34. The first-order valence-corrected chi connectivity index (χ1v) is 7.74. The molecule has 1 atom stereocenters. The number of rotatable bonds is 7. The minimum atomic E-state index is -0.714. The zero-order chi connectivity index (χ0) is 17.4. The van der Waals surface area contributed by atoms with Crippen molar-refractivity contribution in [3.63, 3.8) is 0 Å². The third kappa shape index (κ3) is 4.83. The molecule has 0 aliphatic rings. The second-order valence-electron chi connectivity index (χ2n) is 5.37. The molecule has 1 amide bonds. The molecule has 0 saturated heterocycles. The van der Waals surface area contributed by atoms with Crippen LogP contribution in [0.1, 0.15) is 18.1 Å². The van der Waals surface area contributed by atoms with Gasteiger partial charge in [-0.3, -0.25) is 4.79 Å². The Kier molecular flexibility index (Phi) is 6.35. The summed E-state index contributed by atoms with van der Waals surface area (Å²) in [6.07, 6.45) is -0.714. The van der Waals surface area contributed by atoms with Gasteiger partial charge in [0.05, 0.1) is 18.2 Å². The number of carbonyl (C=O) groups is 1. The molecule has 1 N–H and O–H groups in total. The second-order valence-corrected chi connectivity index (χ2v) is 5.37. The van der Waals surface area contributed by atoms with Crippen molar-refractivity contribution < 1.29 is 14.6 Å². The summed E-state index contributed by atoms with van der Waals surface area (Å²) >= 11 is 0. The van der Waals surface area contributed by atoms with Gasteiger partial charge in [-0.15, -0.1) is 0 Å². The van der Waals surface area contributed by atoms with E-state index in [1.807, 2.05) is 36.4 Å². The lowest BCUT2D eigenvalue weighted by Gasteiger charge is -2.25. The Hall–Kier alpha value is -2.84. The fraction of sp³-hybridized carbons (Fsp3) is 0.263. The van der Waals surface area contributed by atoms with Crippen LogP contribution in [0, 0.1) is 11.3 Å². The number of hydrogen-bond donors (Lipinski definition) is 1. The predicted molar refractivity (Wildman–Crippen MR) is 90.2 cm³/mol. The Morgan fingerprint density at radius 3 is 2.67 bits per heavy atom. The molecule has 1 unspecified atom stereocenters. The van der Waals surface area contributed by atoms with E-state index in [1.54, 1.807) is 36.1 Å². The lowest BCUT2D eigenvalue weighted by Crippen LogP contribution is -2.41. The molecule has 5 nitrogen and oxygen atoms in total. The molecule has 5 heteroatoms. The lowest BCUT2D eigenvalue weighted by atomic mass is 10.2. The number of aliphatic hydroxyl groups excluding tert-OH is 1. The maximum atomic E-state index is 12.6. The molecule has 0 aliphatic heterocycles. The summed E-state index contributed by atoms with van der Waals surface area (Å²) in [4.78, 5) is 14.2. The van der Waals surface area contributed by atoms with Gasteiger partial charge in [-0.1, -0.05) is 36.4 Å². The summed E-state index contributed by atoms with van der Waals surface area (Å²) in [7, 11) is 0. The highest BCUT2D eigenvalue weighted by Gasteiger charge is 2.22. The summed E-state index contributed by atoms with van der Waals surface area (Å²) in [6.45, 7) is 2.19. The molecule has 0 aromatic heterocycles. The molecule has 2 aromatic rings. The average Bonchev–Trinajstić information content (AvgIpc) is 2.61. The summed E-state index contributed by atoms with van der Waals surface area (Å²) < 4.78 is 5.66. The minimum absolute atomic E-state index is 0.116. The van der Waals surface area contributed by atoms with Gasteiger partial charge in [0.1, 0.15) is 5.75 Å². The van der Waals surface area contributed by atoms with Gasteiger partial charge in [-0.2, -0.15) is 5.26 Å². The van der Waals surface area contributed by atoms with Gasteiger partial charge >= 0.3 is 0 Å². The van der Waals surface area contributed by atoms with Crippen molar-refractivity contribution in [2.75, 3.05) is 13.2 Å². The monoisotopic (exact) mass is 324 g/mol. The number of aliphatic hydroxyl groups is 1. The minimum Gasteiger partial charge on any atom is -0.481 e. The molecule has 0 fully saturated rings. The molecule has 0 heterocycles. The number of nitriles is 1. The van der Waals surface area contributed by atoms with Crippen molar-refractivity contribution in [2.45, 2.75) is 19.6 Å². The quantitative estimate of drug-likeness (QED) is 0.848. The third-order valence-electron chi connectivity index (χ3n) is 3.52. The van der Waals surface area contributed by atoms with Crippen molar-refractivity contribution >= 4 is 5.91 Å². The first-order chi connectivity index (χ1) is 11.6. The number of hydrogen-bond acceptors (Lipinski definition) is 4. The van der Waals surface area contributed by atoms with Gasteiger partial charge in [0.2, 0.25) is 0 Å². The maximum Gasteiger partial charge on any atom is 0.263 e. The van der Waals surface area contributed by atoms with Gasteiger partial charge in [0.25, 0.3) is 5.91 Å². The van der Waals surface area contributed by atoms with Crippen LogP contribution in [0.3, 0.4) is 0 Å². The van der Waals surface area contributed by atoms with E-state index >= 15 is 0 Å². The van der Waals surface area contributed by atoms with Gasteiger partial charge < -0.3 is 14.7 Å². The Morgan fingerprint density at radius 2 is 2.00 bits per heavy atom. The zero-order valence-electron chi connectivity index (χ0n) is 13.6. The summed E-state index contributed by atoms with van der Waals surface area (Å²) in [5, 5.41) is 18.2. The topological polar surface area (TPSA) is 73.6 Å². The van der Waals surface area contributed by atoms with Crippen molar-refractivity contribution in [3.8, 4) is 11.8 Å². The lowest BCUT2D eigenvalue weighted by molar-refractivity contribution is -0.139. The van der Waals surface area contributed by atoms with Crippen LogP contribution in [0.4, 0.5) is 0 Å². The Bertz CT molecular complexity index is 710. The van der Waals surface area contributed by atoms with Crippen molar-refractivity contribution in [1.29, 1.82) is 5.26 Å². The van der Waals surface area contributed by atoms with E-state index in [9.17, 15) is 9.90 Å². The van der Waals surface area contributed by atoms with Crippen LogP contribution in [-0.2, 0) is 11.3 Å². The smallest absolute Gasteiger partial charge is 0.263 e. The molecule has 124 valence electrons. The van der Waals surface area contributed by atoms with Crippen LogP contribution in [-0.4, -0.2) is 35.2 Å². The third-order valence-corrected chi connectivity index (χ3v) is 3.52. The Morgan fingerprint density at radius 1 is 1.25 bits per heavy atom. The van der Waals surface area contributed by atoms with Crippen LogP contribution in [0.15, 0.2) is 54.6 Å². The van der Waals surface area contributed by atoms with E-state index < -0.39 is 6.10 Å². The molecule has 2 rings (SSSR count). The average molecular weight is 324 g/mol. The Labute approximate surface area is 141 Å². The van der Waals surface area contributed by atoms with Gasteiger partial charge in [0, 0.05) is 13.1 Å². The standard InChI is InChI=1S/C19H20N2O3/c1-15(24-18-9-5-8-17(12-18)13-20)19(23)21(10-11-22)14-16-6-3-2-4-7-16/h2-9,12,15,22H,10-11,14H2,1H3. The molecule has 0 bridgehead atoms. The normalized spacial score (nSPS) is 11.4. The first kappa shape index (κ1) is 17.5. The van der Waals surface area contributed by atoms with Gasteiger partial charge in [-0.05, 0) is 30.7 Å². The predicted octanol–water partition coefficient (Wildman–Crippen LogP) is 2.35. The van der Waals surface area contributed by atoms with Gasteiger partial charge in [0.15, 0.2) is 6.10 Å². The molecule has 0 radical (unpaired) electrons. The molecule has 0 saturated carbocycles. The van der Waals surface area contributed by atoms with Crippen molar-refractivity contribution in [3.05, 3.63) is 65.7 Å². The van der Waals surface area contributed by atoms with E-state index in [4.69, 9.17) is 10.00 Å². The molecular weight excluding hydrogens is 304 g/mol. The zero-order valence-corrected chi connectivity index (χ0v) is 13.6. The number of ether oxygens (including phenoxy) is 1. The van der Waals surface area contributed by atoms with Crippen molar-refractivity contribution in [2.24, 2.45) is 0 Å². The first-order valence-electron chi connectivity index (χ1n) is 7.74. The maximum absolute atomic E-state index is 12.6. The van der Waals surface area contributed by atoms with E-state index in [-0.39, 0.29) is 19.1 Å². The highest BCUT2D eigenvalue weighted by atomic mass is 16.5. The van der Waals surface area contributed by atoms with Crippen molar-refractivity contribution in [1.82, 2.24) is 4.90 Å². The van der Waals surface area contributed by atoms with E-state index in [0.29, 0.717) is 17.9 Å². The summed E-state index contributed by atoms with van der Waals surface area (Å²) in [6, 6.07) is 18.3. The van der Waals surface area contributed by atoms with Crippen LogP contribution in [0.2, 0.25) is 0 Å². The van der Waals surface area contributed by atoms with Crippen LogP contribution >= 0.6 is 0 Å². The molecule has 0 aliphatic carbocycles. The molecule has 2 aromatic carbocycles. The van der Waals surface area contributed by atoms with E-state index in [0.717, 1.165) is 5.56 Å². The number of amides is 1. The van der Waals surface area contributed by atoms with E-state index in [2.05, 4.69) is 0 Å². The van der Waals surface area contributed by atoms with Gasteiger partial charge in [-0.25, -0.2) is 0 Å². The molecular formula is C19H20N2O3. The largest absolute Gasteiger partial charge is 0.481 e. The summed E-state index contributed by atoms with van der Waals surface area (Å²) in [5.41, 5.74) is 1.46. The van der Waals surface area contributed by atoms with Crippen LogP contribution in [0.5, 0.6) is 5.75 Å². The molecule has 0 spiro atoms. The summed E-state index contributed by atoms with van der Waals surface area (Å²) in [5.74, 6) is 0.258. The molecule has 24 heavy (non-hydrogen) atoms.